The summed E-state index contributed by atoms with van der Waals surface area (Å²) in [6, 6.07) is 9.76. The van der Waals surface area contributed by atoms with Gasteiger partial charge in [0.15, 0.2) is 0 Å². The Kier molecular flexibility index (Phi) is 7.05. The SMILES string of the molecule is COc1cc(OC)c(-c2cn3ccc(N4CCN(c5nccc(N6CCCC(O)C6)n5)CC4)cc3n2)cc1Cl. The maximum absolute atomic E-state index is 10.1. The number of hydrogen-bond acceptors (Lipinski definition) is 9. The lowest BCUT2D eigenvalue weighted by Gasteiger charge is -2.36. The first-order chi connectivity index (χ1) is 19.0. The van der Waals surface area contributed by atoms with E-state index in [9.17, 15) is 5.11 Å². The summed E-state index contributed by atoms with van der Waals surface area (Å²) in [4.78, 5) is 21.0. The second kappa shape index (κ2) is 10.8. The molecule has 6 rings (SSSR count). The Bertz CT molecular complexity index is 1470. The number of anilines is 3. The van der Waals surface area contributed by atoms with Crippen LogP contribution in [0, 0.1) is 0 Å². The number of aromatic nitrogens is 4. The van der Waals surface area contributed by atoms with Gasteiger partial charge in [0.2, 0.25) is 5.95 Å². The van der Waals surface area contributed by atoms with Crippen molar-refractivity contribution in [2.24, 2.45) is 0 Å². The van der Waals surface area contributed by atoms with E-state index in [0.717, 1.165) is 79.9 Å². The fraction of sp³-hybridized carbons (Fsp3) is 0.393. The van der Waals surface area contributed by atoms with Crippen molar-refractivity contribution in [2.75, 3.05) is 68.2 Å². The molecule has 4 aromatic rings. The molecule has 204 valence electrons. The van der Waals surface area contributed by atoms with Crippen LogP contribution in [0.2, 0.25) is 5.02 Å². The average molecular weight is 550 g/mol. The summed E-state index contributed by atoms with van der Waals surface area (Å²) in [7, 11) is 3.21. The van der Waals surface area contributed by atoms with E-state index >= 15 is 0 Å². The predicted octanol–water partition coefficient (Wildman–Crippen LogP) is 3.75. The van der Waals surface area contributed by atoms with Crippen molar-refractivity contribution in [1.82, 2.24) is 19.4 Å². The van der Waals surface area contributed by atoms with Crippen molar-refractivity contribution in [3.63, 3.8) is 0 Å². The standard InChI is InChI=1S/C28H32ClN7O3/c1-38-24-16-25(39-2)22(29)15-21(24)23-18-36-9-6-19(14-27(36)31-23)33-10-12-34(13-11-33)28-30-7-5-26(32-28)35-8-3-4-20(37)17-35/h5-7,9,14-16,18,20,37H,3-4,8,10-13,17H2,1-2H3. The second-order valence-corrected chi connectivity index (χ2v) is 10.3. The summed E-state index contributed by atoms with van der Waals surface area (Å²) >= 11 is 6.40. The number of imidazole rings is 1. The van der Waals surface area contributed by atoms with Gasteiger partial charge < -0.3 is 33.7 Å². The van der Waals surface area contributed by atoms with Crippen LogP contribution in [-0.2, 0) is 0 Å². The smallest absolute Gasteiger partial charge is 0.227 e. The van der Waals surface area contributed by atoms with Gasteiger partial charge in [-0.3, -0.25) is 0 Å². The van der Waals surface area contributed by atoms with E-state index in [1.165, 1.54) is 0 Å². The third-order valence-corrected chi connectivity index (χ3v) is 7.77. The van der Waals surface area contributed by atoms with E-state index in [-0.39, 0.29) is 6.10 Å². The van der Waals surface area contributed by atoms with E-state index < -0.39 is 0 Å². The average Bonchev–Trinajstić information content (AvgIpc) is 3.40. The van der Waals surface area contributed by atoms with Gasteiger partial charge in [0.25, 0.3) is 0 Å². The summed E-state index contributed by atoms with van der Waals surface area (Å²) in [5.74, 6) is 2.84. The molecular formula is C28H32ClN7O3. The normalized spacial score (nSPS) is 18.1. The van der Waals surface area contributed by atoms with Crippen LogP contribution in [-0.4, -0.2) is 84.1 Å². The van der Waals surface area contributed by atoms with Crippen molar-refractivity contribution in [3.8, 4) is 22.8 Å². The largest absolute Gasteiger partial charge is 0.496 e. The van der Waals surface area contributed by atoms with Gasteiger partial charge in [-0.15, -0.1) is 0 Å². The molecule has 39 heavy (non-hydrogen) atoms. The minimum absolute atomic E-state index is 0.291. The van der Waals surface area contributed by atoms with Gasteiger partial charge in [-0.2, -0.15) is 4.98 Å². The van der Waals surface area contributed by atoms with Gasteiger partial charge in [-0.1, -0.05) is 11.6 Å². The summed E-state index contributed by atoms with van der Waals surface area (Å²) in [6.45, 7) is 4.87. The summed E-state index contributed by atoms with van der Waals surface area (Å²) < 4.78 is 12.9. The molecule has 3 aromatic heterocycles. The molecule has 0 spiro atoms. The zero-order chi connectivity index (χ0) is 26.9. The highest BCUT2D eigenvalue weighted by Gasteiger charge is 2.23. The van der Waals surface area contributed by atoms with E-state index in [2.05, 4.69) is 31.8 Å². The second-order valence-electron chi connectivity index (χ2n) is 9.89. The molecule has 10 nitrogen and oxygen atoms in total. The molecule has 2 aliphatic rings. The molecule has 1 unspecified atom stereocenters. The molecular weight excluding hydrogens is 518 g/mol. The van der Waals surface area contributed by atoms with E-state index in [4.69, 9.17) is 31.0 Å². The van der Waals surface area contributed by atoms with Gasteiger partial charge in [0.1, 0.15) is 23.0 Å². The molecule has 2 fully saturated rings. The number of piperidine rings is 1. The van der Waals surface area contributed by atoms with Crippen LogP contribution in [0.15, 0.2) is 48.9 Å². The van der Waals surface area contributed by atoms with Gasteiger partial charge >= 0.3 is 0 Å². The minimum Gasteiger partial charge on any atom is -0.496 e. The number of nitrogens with zero attached hydrogens (tertiary/aromatic N) is 7. The van der Waals surface area contributed by atoms with Crippen molar-refractivity contribution in [2.45, 2.75) is 18.9 Å². The first-order valence-corrected chi connectivity index (χ1v) is 13.6. The predicted molar refractivity (Wildman–Crippen MR) is 153 cm³/mol. The van der Waals surface area contributed by atoms with Crippen LogP contribution in [0.4, 0.5) is 17.5 Å². The number of methoxy groups -OCH3 is 2. The zero-order valence-electron chi connectivity index (χ0n) is 22.1. The van der Waals surface area contributed by atoms with Crippen molar-refractivity contribution >= 4 is 34.7 Å². The number of ether oxygens (including phenoxy) is 2. The Labute approximate surface area is 232 Å². The molecule has 0 saturated carbocycles. The number of benzene rings is 1. The summed E-state index contributed by atoms with van der Waals surface area (Å²) in [5.41, 5.74) is 3.55. The van der Waals surface area contributed by atoms with E-state index in [0.29, 0.717) is 23.1 Å². The molecule has 2 aliphatic heterocycles. The number of rotatable bonds is 6. The first-order valence-electron chi connectivity index (χ1n) is 13.2. The maximum atomic E-state index is 10.1. The molecule has 1 atom stereocenters. The third kappa shape index (κ3) is 5.14. The topological polar surface area (TPSA) is 91.5 Å². The number of aliphatic hydroxyl groups is 1. The van der Waals surface area contributed by atoms with Gasteiger partial charge in [-0.25, -0.2) is 9.97 Å². The van der Waals surface area contributed by atoms with Crippen molar-refractivity contribution in [1.29, 1.82) is 0 Å². The lowest BCUT2D eigenvalue weighted by molar-refractivity contribution is 0.154. The minimum atomic E-state index is -0.291. The zero-order valence-corrected chi connectivity index (χ0v) is 22.9. The number of hydrogen-bond donors (Lipinski definition) is 1. The highest BCUT2D eigenvalue weighted by atomic mass is 35.5. The van der Waals surface area contributed by atoms with E-state index in [1.807, 2.05) is 35.1 Å². The monoisotopic (exact) mass is 549 g/mol. The molecule has 1 N–H and O–H groups in total. The summed E-state index contributed by atoms with van der Waals surface area (Å²) in [6.07, 6.45) is 7.36. The number of piperazine rings is 1. The fourth-order valence-electron chi connectivity index (χ4n) is 5.35. The summed E-state index contributed by atoms with van der Waals surface area (Å²) in [5, 5.41) is 10.6. The van der Waals surface area contributed by atoms with Crippen LogP contribution in [0.1, 0.15) is 12.8 Å². The van der Waals surface area contributed by atoms with Crippen LogP contribution in [0.25, 0.3) is 16.9 Å². The molecule has 11 heteroatoms. The molecule has 2 saturated heterocycles. The Morgan fingerprint density at radius 2 is 1.72 bits per heavy atom. The third-order valence-electron chi connectivity index (χ3n) is 7.47. The van der Waals surface area contributed by atoms with Gasteiger partial charge in [-0.05, 0) is 31.0 Å². The Hall–Kier alpha value is -3.76. The lowest BCUT2D eigenvalue weighted by atomic mass is 10.1. The van der Waals surface area contributed by atoms with Crippen LogP contribution in [0.3, 0.4) is 0 Å². The molecule has 0 radical (unpaired) electrons. The highest BCUT2D eigenvalue weighted by Crippen LogP contribution is 2.38. The Morgan fingerprint density at radius 3 is 2.49 bits per heavy atom. The molecule has 0 bridgehead atoms. The lowest BCUT2D eigenvalue weighted by Crippen LogP contribution is -2.47. The maximum Gasteiger partial charge on any atom is 0.227 e. The number of fused-ring (bicyclic) bond motifs is 1. The van der Waals surface area contributed by atoms with E-state index in [1.54, 1.807) is 20.3 Å². The first kappa shape index (κ1) is 25.5. The quantitative estimate of drug-likeness (QED) is 0.386. The number of aliphatic hydroxyl groups excluding tert-OH is 1. The molecule has 0 amide bonds. The van der Waals surface area contributed by atoms with Crippen LogP contribution in [0.5, 0.6) is 11.5 Å². The van der Waals surface area contributed by atoms with Crippen molar-refractivity contribution < 1.29 is 14.6 Å². The Balaban J connectivity index is 1.17. The Morgan fingerprint density at radius 1 is 0.923 bits per heavy atom. The number of halogens is 1. The molecule has 1 aromatic carbocycles. The van der Waals surface area contributed by atoms with Gasteiger partial charge in [0.05, 0.1) is 31.0 Å². The van der Waals surface area contributed by atoms with Crippen molar-refractivity contribution in [3.05, 3.63) is 53.9 Å². The number of pyridine rings is 1. The van der Waals surface area contributed by atoms with Crippen LogP contribution >= 0.6 is 11.6 Å². The fourth-order valence-corrected chi connectivity index (χ4v) is 5.59. The number of β-amino-alcohol motifs (C(OH)–C–C–N with tert-alkyl or cyclic N) is 1. The van der Waals surface area contributed by atoms with Gasteiger partial charge in [0, 0.05) is 81.2 Å². The molecule has 5 heterocycles. The molecule has 0 aliphatic carbocycles. The highest BCUT2D eigenvalue weighted by molar-refractivity contribution is 6.32. The van der Waals surface area contributed by atoms with Crippen LogP contribution < -0.4 is 24.2 Å².